The van der Waals surface area contributed by atoms with Crippen LogP contribution in [-0.2, 0) is 9.53 Å². The maximum atomic E-state index is 11.1. The fourth-order valence-electron chi connectivity index (χ4n) is 0.917. The van der Waals surface area contributed by atoms with E-state index in [-0.39, 0.29) is 5.69 Å². The summed E-state index contributed by atoms with van der Waals surface area (Å²) in [5.74, 6) is -0.494. The topological polar surface area (TPSA) is 56.3 Å². The van der Waals surface area contributed by atoms with Crippen molar-refractivity contribution in [1.29, 1.82) is 0 Å². The normalized spacial score (nSPS) is 10.1. The van der Waals surface area contributed by atoms with E-state index < -0.39 is 5.97 Å². The largest absolute Gasteiger partial charge is 0.464 e. The van der Waals surface area contributed by atoms with Crippen LogP contribution in [0.25, 0.3) is 6.08 Å². The number of aldehydes is 1. The maximum absolute atomic E-state index is 11.1. The summed E-state index contributed by atoms with van der Waals surface area (Å²) in [6, 6.07) is 3.23. The molecular formula is C10H9NO3. The first-order valence-corrected chi connectivity index (χ1v) is 3.94. The Hall–Kier alpha value is -1.97. The molecule has 0 saturated carbocycles. The van der Waals surface area contributed by atoms with Crippen LogP contribution in [0.15, 0.2) is 24.4 Å². The summed E-state index contributed by atoms with van der Waals surface area (Å²) < 4.78 is 4.50. The van der Waals surface area contributed by atoms with Crippen molar-refractivity contribution >= 4 is 18.3 Å². The van der Waals surface area contributed by atoms with E-state index in [1.165, 1.54) is 19.4 Å². The van der Waals surface area contributed by atoms with Crippen LogP contribution in [-0.4, -0.2) is 24.3 Å². The van der Waals surface area contributed by atoms with Crippen LogP contribution in [0, 0.1) is 0 Å². The number of ether oxygens (including phenoxy) is 1. The van der Waals surface area contributed by atoms with Gasteiger partial charge in [-0.3, -0.25) is 4.79 Å². The quantitative estimate of drug-likeness (QED) is 0.407. The van der Waals surface area contributed by atoms with Gasteiger partial charge in [-0.2, -0.15) is 0 Å². The number of carbonyl (C=O) groups is 2. The minimum absolute atomic E-state index is 0.223. The zero-order valence-electron chi connectivity index (χ0n) is 7.64. The molecule has 0 bridgehead atoms. The van der Waals surface area contributed by atoms with E-state index in [1.807, 2.05) is 0 Å². The van der Waals surface area contributed by atoms with Crippen molar-refractivity contribution in [2.75, 3.05) is 7.11 Å². The number of pyridine rings is 1. The molecular weight excluding hydrogens is 182 g/mol. The lowest BCUT2D eigenvalue weighted by Gasteiger charge is -1.98. The average molecular weight is 191 g/mol. The highest BCUT2D eigenvalue weighted by molar-refractivity contribution is 5.88. The van der Waals surface area contributed by atoms with Gasteiger partial charge in [-0.15, -0.1) is 0 Å². The average Bonchev–Trinajstić information content (AvgIpc) is 2.25. The first-order valence-electron chi connectivity index (χ1n) is 3.94. The van der Waals surface area contributed by atoms with E-state index in [0.717, 1.165) is 5.56 Å². The van der Waals surface area contributed by atoms with Gasteiger partial charge in [-0.25, -0.2) is 9.78 Å². The number of hydrogen-bond acceptors (Lipinski definition) is 4. The highest BCUT2D eigenvalue weighted by atomic mass is 16.5. The Balaban J connectivity index is 2.94. The molecule has 0 aliphatic carbocycles. The smallest absolute Gasteiger partial charge is 0.356 e. The first kappa shape index (κ1) is 10.1. The predicted molar refractivity (Wildman–Crippen MR) is 50.7 cm³/mol. The number of allylic oxidation sites excluding steroid dienone is 1. The van der Waals surface area contributed by atoms with Crippen molar-refractivity contribution in [2.24, 2.45) is 0 Å². The number of esters is 1. The van der Waals surface area contributed by atoms with E-state index >= 15 is 0 Å². The van der Waals surface area contributed by atoms with Crippen LogP contribution < -0.4 is 0 Å². The second-order valence-corrected chi connectivity index (χ2v) is 2.46. The molecule has 0 atom stereocenters. The summed E-state index contributed by atoms with van der Waals surface area (Å²) in [6.45, 7) is 0. The Bertz CT molecular complexity index is 371. The Morgan fingerprint density at radius 1 is 1.57 bits per heavy atom. The van der Waals surface area contributed by atoms with Crippen molar-refractivity contribution in [1.82, 2.24) is 4.98 Å². The number of hydrogen-bond donors (Lipinski definition) is 0. The van der Waals surface area contributed by atoms with Gasteiger partial charge in [0.25, 0.3) is 0 Å². The van der Waals surface area contributed by atoms with Crippen LogP contribution >= 0.6 is 0 Å². The van der Waals surface area contributed by atoms with E-state index in [9.17, 15) is 9.59 Å². The minimum atomic E-state index is -0.494. The maximum Gasteiger partial charge on any atom is 0.356 e. The van der Waals surface area contributed by atoms with Gasteiger partial charge < -0.3 is 4.74 Å². The monoisotopic (exact) mass is 191 g/mol. The molecule has 1 aromatic heterocycles. The van der Waals surface area contributed by atoms with Crippen LogP contribution in [0.3, 0.4) is 0 Å². The van der Waals surface area contributed by atoms with Crippen molar-refractivity contribution in [3.8, 4) is 0 Å². The lowest BCUT2D eigenvalue weighted by Crippen LogP contribution is -2.03. The zero-order valence-corrected chi connectivity index (χ0v) is 7.64. The third kappa shape index (κ3) is 2.52. The Kier molecular flexibility index (Phi) is 3.55. The summed E-state index contributed by atoms with van der Waals surface area (Å²) in [4.78, 5) is 24.9. The number of carbonyl (C=O) groups excluding carboxylic acids is 2. The molecule has 4 nitrogen and oxygen atoms in total. The van der Waals surface area contributed by atoms with Crippen LogP contribution in [0.5, 0.6) is 0 Å². The third-order valence-corrected chi connectivity index (χ3v) is 1.55. The molecule has 0 unspecified atom stereocenters. The zero-order chi connectivity index (χ0) is 10.4. The molecule has 14 heavy (non-hydrogen) atoms. The highest BCUT2D eigenvalue weighted by Gasteiger charge is 2.05. The second kappa shape index (κ2) is 4.91. The SMILES string of the molecule is COC(=O)c1cc(C=CC=O)ccn1. The molecule has 0 aromatic carbocycles. The number of methoxy groups -OCH3 is 1. The van der Waals surface area contributed by atoms with Crippen molar-refractivity contribution in [3.05, 3.63) is 35.7 Å². The summed E-state index contributed by atoms with van der Waals surface area (Å²) in [7, 11) is 1.29. The molecule has 0 spiro atoms. The summed E-state index contributed by atoms with van der Waals surface area (Å²) in [5.41, 5.74) is 0.952. The summed E-state index contributed by atoms with van der Waals surface area (Å²) >= 11 is 0. The van der Waals surface area contributed by atoms with E-state index in [0.29, 0.717) is 6.29 Å². The van der Waals surface area contributed by atoms with Gasteiger partial charge >= 0.3 is 5.97 Å². The molecule has 0 radical (unpaired) electrons. The van der Waals surface area contributed by atoms with Gasteiger partial charge in [0, 0.05) is 6.20 Å². The highest BCUT2D eigenvalue weighted by Crippen LogP contribution is 2.04. The van der Waals surface area contributed by atoms with Crippen LogP contribution in [0.1, 0.15) is 16.1 Å². The van der Waals surface area contributed by atoms with Gasteiger partial charge in [0.15, 0.2) is 0 Å². The minimum Gasteiger partial charge on any atom is -0.464 e. The van der Waals surface area contributed by atoms with Crippen molar-refractivity contribution in [2.45, 2.75) is 0 Å². The van der Waals surface area contributed by atoms with E-state index in [2.05, 4.69) is 9.72 Å². The van der Waals surface area contributed by atoms with Gasteiger partial charge in [-0.1, -0.05) is 6.08 Å². The molecule has 72 valence electrons. The van der Waals surface area contributed by atoms with Gasteiger partial charge in [0.2, 0.25) is 0 Å². The standard InChI is InChI=1S/C10H9NO3/c1-14-10(13)9-7-8(3-2-6-12)4-5-11-9/h2-7H,1H3. The molecule has 1 heterocycles. The molecule has 0 N–H and O–H groups in total. The van der Waals surface area contributed by atoms with E-state index in [1.54, 1.807) is 18.2 Å². The van der Waals surface area contributed by atoms with Gasteiger partial charge in [0.05, 0.1) is 7.11 Å². The lowest BCUT2D eigenvalue weighted by molar-refractivity contribution is -0.104. The van der Waals surface area contributed by atoms with Crippen LogP contribution in [0.4, 0.5) is 0 Å². The molecule has 0 aliphatic heterocycles. The molecule has 0 amide bonds. The molecule has 0 saturated heterocycles. The van der Waals surface area contributed by atoms with Crippen LogP contribution in [0.2, 0.25) is 0 Å². The summed E-state index contributed by atoms with van der Waals surface area (Å²) in [5, 5.41) is 0. The Labute approximate surface area is 81.2 Å². The Morgan fingerprint density at radius 2 is 2.36 bits per heavy atom. The second-order valence-electron chi connectivity index (χ2n) is 2.46. The molecule has 1 aromatic rings. The predicted octanol–water partition coefficient (Wildman–Crippen LogP) is 1.08. The number of rotatable bonds is 3. The lowest BCUT2D eigenvalue weighted by atomic mass is 10.2. The first-order chi connectivity index (χ1) is 6.77. The van der Waals surface area contributed by atoms with Crippen molar-refractivity contribution < 1.29 is 14.3 Å². The third-order valence-electron chi connectivity index (χ3n) is 1.55. The molecule has 0 aliphatic rings. The fraction of sp³-hybridized carbons (Fsp3) is 0.100. The van der Waals surface area contributed by atoms with Gasteiger partial charge in [-0.05, 0) is 23.8 Å². The number of aromatic nitrogens is 1. The van der Waals surface area contributed by atoms with E-state index in [4.69, 9.17) is 0 Å². The van der Waals surface area contributed by atoms with Crippen molar-refractivity contribution in [3.63, 3.8) is 0 Å². The Morgan fingerprint density at radius 3 is 3.00 bits per heavy atom. The molecule has 4 heteroatoms. The summed E-state index contributed by atoms with van der Waals surface area (Å²) in [6.07, 6.45) is 5.08. The number of nitrogens with zero attached hydrogens (tertiary/aromatic N) is 1. The molecule has 1 rings (SSSR count). The molecule has 0 fully saturated rings. The fourth-order valence-corrected chi connectivity index (χ4v) is 0.917. The van der Waals surface area contributed by atoms with Gasteiger partial charge in [0.1, 0.15) is 12.0 Å².